The lowest BCUT2D eigenvalue weighted by Gasteiger charge is -2.44. The number of hydrogen-bond acceptors (Lipinski definition) is 2. The van der Waals surface area contributed by atoms with Crippen LogP contribution < -0.4 is 10.2 Å². The fraction of sp³-hybridized carbons (Fsp3) is 0.429. The Morgan fingerprint density at radius 2 is 1.79 bits per heavy atom. The van der Waals surface area contributed by atoms with Crippen molar-refractivity contribution in [2.45, 2.75) is 70.0 Å². The lowest BCUT2D eigenvalue weighted by atomic mass is 9.80. The van der Waals surface area contributed by atoms with Crippen LogP contribution in [0, 0.1) is 0 Å². The van der Waals surface area contributed by atoms with Crippen molar-refractivity contribution in [1.29, 1.82) is 0 Å². The third-order valence-corrected chi connectivity index (χ3v) is 7.94. The zero-order valence-corrected chi connectivity index (χ0v) is 19.9. The van der Waals surface area contributed by atoms with Crippen LogP contribution in [0.3, 0.4) is 0 Å². The number of carbonyl (C=O) groups is 2. The number of H-pyrrole nitrogens is 1. The molecule has 6 nitrogen and oxygen atoms in total. The number of amides is 3. The molecule has 34 heavy (non-hydrogen) atoms. The molecule has 3 aromatic rings. The van der Waals surface area contributed by atoms with Crippen molar-refractivity contribution in [1.82, 2.24) is 15.2 Å². The molecule has 0 bridgehead atoms. The monoisotopic (exact) mass is 456 g/mol. The van der Waals surface area contributed by atoms with E-state index in [-0.39, 0.29) is 24.0 Å². The predicted molar refractivity (Wildman–Crippen MR) is 134 cm³/mol. The molecule has 0 saturated heterocycles. The lowest BCUT2D eigenvalue weighted by Crippen LogP contribution is -2.62. The quantitative estimate of drug-likeness (QED) is 0.566. The molecular weight excluding hydrogens is 424 g/mol. The summed E-state index contributed by atoms with van der Waals surface area (Å²) in [5.41, 5.74) is 3.59. The second-order valence-electron chi connectivity index (χ2n) is 10.2. The van der Waals surface area contributed by atoms with Crippen molar-refractivity contribution in [3.8, 4) is 0 Å². The largest absolute Gasteiger partial charge is 0.355 e. The number of carbonyl (C=O) groups excluding carboxylic acids is 2. The number of rotatable bonds is 2. The van der Waals surface area contributed by atoms with Crippen molar-refractivity contribution >= 4 is 28.5 Å². The van der Waals surface area contributed by atoms with Gasteiger partial charge in [0, 0.05) is 35.1 Å². The van der Waals surface area contributed by atoms with Gasteiger partial charge in [0.05, 0.1) is 11.4 Å². The van der Waals surface area contributed by atoms with Gasteiger partial charge in [-0.3, -0.25) is 4.79 Å². The van der Waals surface area contributed by atoms with E-state index in [1.54, 1.807) is 0 Å². The molecule has 3 amide bonds. The summed E-state index contributed by atoms with van der Waals surface area (Å²) in [6.45, 7) is 4.57. The van der Waals surface area contributed by atoms with Crippen LogP contribution in [0.1, 0.15) is 62.8 Å². The van der Waals surface area contributed by atoms with Gasteiger partial charge in [-0.2, -0.15) is 0 Å². The molecule has 1 aromatic heterocycles. The summed E-state index contributed by atoms with van der Waals surface area (Å²) < 4.78 is 0. The second-order valence-corrected chi connectivity index (χ2v) is 10.2. The number of hydrogen-bond donors (Lipinski definition) is 2. The third-order valence-electron chi connectivity index (χ3n) is 7.94. The Kier molecular flexibility index (Phi) is 4.94. The highest BCUT2D eigenvalue weighted by Crippen LogP contribution is 2.52. The van der Waals surface area contributed by atoms with Gasteiger partial charge in [0.25, 0.3) is 5.91 Å². The zero-order chi connectivity index (χ0) is 23.4. The molecule has 6 heteroatoms. The molecule has 1 saturated carbocycles. The molecule has 2 N–H and O–H groups in total. The van der Waals surface area contributed by atoms with Gasteiger partial charge in [0.15, 0.2) is 5.54 Å². The fourth-order valence-corrected chi connectivity index (χ4v) is 6.45. The molecule has 176 valence electrons. The van der Waals surface area contributed by atoms with Gasteiger partial charge in [0.1, 0.15) is 0 Å². The Balaban J connectivity index is 1.56. The number of benzene rings is 2. The highest BCUT2D eigenvalue weighted by molar-refractivity contribution is 6.13. The number of urea groups is 1. The summed E-state index contributed by atoms with van der Waals surface area (Å²) in [5.74, 6) is -0.0463. The summed E-state index contributed by atoms with van der Waals surface area (Å²) in [6.07, 6.45) is 6.25. The standard InChI is InChI=1S/C28H32N4O2/c1-18(2)32-24-15-9-7-13-22(24)28(26(32)33)25-21(20-12-6-8-14-23(20)30-25)16-17-31(28)27(34)29-19-10-4-3-5-11-19/h6-9,12-15,18-19,30H,3-5,10-11,16-17H2,1-2H3,(H,29,34)/t28-/m0/s1. The summed E-state index contributed by atoms with van der Waals surface area (Å²) in [6, 6.07) is 16.2. The predicted octanol–water partition coefficient (Wildman–Crippen LogP) is 5.07. The minimum atomic E-state index is -1.19. The Morgan fingerprint density at radius 3 is 2.59 bits per heavy atom. The van der Waals surface area contributed by atoms with E-state index in [0.717, 1.165) is 65.5 Å². The molecule has 2 aromatic carbocycles. The van der Waals surface area contributed by atoms with E-state index < -0.39 is 5.54 Å². The van der Waals surface area contributed by atoms with Crippen LogP contribution in [0.2, 0.25) is 0 Å². The number of aromatic nitrogens is 1. The number of nitrogens with zero attached hydrogens (tertiary/aromatic N) is 2. The Bertz CT molecular complexity index is 1270. The maximum Gasteiger partial charge on any atom is 0.319 e. The van der Waals surface area contributed by atoms with Crippen LogP contribution in [0.4, 0.5) is 10.5 Å². The van der Waals surface area contributed by atoms with Crippen LogP contribution >= 0.6 is 0 Å². The molecule has 2 aliphatic heterocycles. The van der Waals surface area contributed by atoms with Crippen LogP contribution in [0.25, 0.3) is 10.9 Å². The maximum atomic E-state index is 14.5. The summed E-state index contributed by atoms with van der Waals surface area (Å²) in [5, 5.41) is 4.44. The van der Waals surface area contributed by atoms with Crippen LogP contribution in [0.15, 0.2) is 48.5 Å². The fourth-order valence-electron chi connectivity index (χ4n) is 6.45. The number of aromatic amines is 1. The molecule has 0 radical (unpaired) electrons. The average molecular weight is 457 g/mol. The molecule has 6 rings (SSSR count). The first-order valence-electron chi connectivity index (χ1n) is 12.6. The summed E-state index contributed by atoms with van der Waals surface area (Å²) in [7, 11) is 0. The van der Waals surface area contributed by atoms with Gasteiger partial charge in [0.2, 0.25) is 0 Å². The highest BCUT2D eigenvalue weighted by atomic mass is 16.2. The number of fused-ring (bicyclic) bond motifs is 6. The second kappa shape index (κ2) is 7.90. The molecule has 3 heterocycles. The van der Waals surface area contributed by atoms with Crippen LogP contribution in [0.5, 0.6) is 0 Å². The van der Waals surface area contributed by atoms with Gasteiger partial charge < -0.3 is 20.1 Å². The first-order valence-corrected chi connectivity index (χ1v) is 12.6. The van der Waals surface area contributed by atoms with Gasteiger partial charge in [-0.15, -0.1) is 0 Å². The van der Waals surface area contributed by atoms with Crippen molar-refractivity contribution in [3.05, 3.63) is 65.4 Å². The van der Waals surface area contributed by atoms with Gasteiger partial charge in [-0.05, 0) is 50.8 Å². The smallest absolute Gasteiger partial charge is 0.319 e. The molecule has 1 spiro atoms. The van der Waals surface area contributed by atoms with E-state index in [2.05, 4.69) is 22.4 Å². The first-order chi connectivity index (χ1) is 16.5. The van der Waals surface area contributed by atoms with E-state index in [0.29, 0.717) is 6.54 Å². The molecular formula is C28H32N4O2. The van der Waals surface area contributed by atoms with Crippen molar-refractivity contribution < 1.29 is 9.59 Å². The highest BCUT2D eigenvalue weighted by Gasteiger charge is 2.61. The van der Waals surface area contributed by atoms with Gasteiger partial charge in [-0.25, -0.2) is 4.79 Å². The molecule has 1 fully saturated rings. The van der Waals surface area contributed by atoms with E-state index in [4.69, 9.17) is 0 Å². The Morgan fingerprint density at radius 1 is 1.06 bits per heavy atom. The number of nitrogens with one attached hydrogen (secondary N) is 2. The van der Waals surface area contributed by atoms with Crippen LogP contribution in [-0.2, 0) is 16.8 Å². The third kappa shape index (κ3) is 2.87. The van der Waals surface area contributed by atoms with E-state index in [1.165, 1.54) is 6.42 Å². The summed E-state index contributed by atoms with van der Waals surface area (Å²) >= 11 is 0. The molecule has 1 aliphatic carbocycles. The topological polar surface area (TPSA) is 68.4 Å². The molecule has 0 unspecified atom stereocenters. The average Bonchev–Trinajstić information content (AvgIpc) is 3.34. The lowest BCUT2D eigenvalue weighted by molar-refractivity contribution is -0.127. The SMILES string of the molecule is CC(C)N1C(=O)[C@]2(c3ccccc31)c1[nH]c3ccccc3c1CCN2C(=O)NC1CCCCC1. The first kappa shape index (κ1) is 21.3. The Hall–Kier alpha value is -3.28. The van der Waals surface area contributed by atoms with Crippen molar-refractivity contribution in [3.63, 3.8) is 0 Å². The van der Waals surface area contributed by atoms with Crippen LogP contribution in [-0.4, -0.2) is 40.5 Å². The normalized spacial score (nSPS) is 22.5. The number of para-hydroxylation sites is 2. The molecule has 1 atom stereocenters. The van der Waals surface area contributed by atoms with E-state index >= 15 is 0 Å². The summed E-state index contributed by atoms with van der Waals surface area (Å²) in [4.78, 5) is 35.7. The zero-order valence-electron chi connectivity index (χ0n) is 19.9. The van der Waals surface area contributed by atoms with E-state index in [9.17, 15) is 9.59 Å². The van der Waals surface area contributed by atoms with Gasteiger partial charge >= 0.3 is 6.03 Å². The minimum absolute atomic E-state index is 0.0222. The van der Waals surface area contributed by atoms with E-state index in [1.807, 2.05) is 60.0 Å². The number of anilines is 1. The minimum Gasteiger partial charge on any atom is -0.355 e. The van der Waals surface area contributed by atoms with Gasteiger partial charge in [-0.1, -0.05) is 55.7 Å². The Labute approximate surface area is 200 Å². The van der Waals surface area contributed by atoms with Crippen molar-refractivity contribution in [2.24, 2.45) is 0 Å². The molecule has 3 aliphatic rings. The van der Waals surface area contributed by atoms with Crippen molar-refractivity contribution in [2.75, 3.05) is 11.4 Å². The maximum absolute atomic E-state index is 14.5.